The van der Waals surface area contributed by atoms with Gasteiger partial charge in [0.2, 0.25) is 0 Å². The Bertz CT molecular complexity index is 388. The van der Waals surface area contributed by atoms with E-state index in [-0.39, 0.29) is 0 Å². The number of rotatable bonds is 5. The number of nitrogens with zero attached hydrogens (tertiary/aromatic N) is 2. The number of allylic oxidation sites excluding steroid dienone is 1. The topological polar surface area (TPSA) is 28.2 Å². The monoisotopic (exact) mass is 309 g/mol. The van der Waals surface area contributed by atoms with Gasteiger partial charge in [0.05, 0.1) is 0 Å². The zero-order valence-corrected chi connectivity index (χ0v) is 12.2. The van der Waals surface area contributed by atoms with E-state index in [0.717, 1.165) is 43.6 Å². The van der Waals surface area contributed by atoms with E-state index in [1.54, 1.807) is 0 Å². The average molecular weight is 310 g/mol. The van der Waals surface area contributed by atoms with Crippen LogP contribution in [0.5, 0.6) is 0 Å². The van der Waals surface area contributed by atoms with Crippen molar-refractivity contribution < 1.29 is 0 Å². The van der Waals surface area contributed by atoms with Crippen LogP contribution in [0.1, 0.15) is 24.4 Å². The van der Waals surface area contributed by atoms with Gasteiger partial charge in [-0.15, -0.1) is 6.58 Å². The molecule has 3 nitrogen and oxygen atoms in total. The Hall–Kier alpha value is -0.710. The number of nitrogens with one attached hydrogen (secondary N) is 1. The Balaban J connectivity index is 2.15. The molecular formula is C14H20BrN3. The van der Waals surface area contributed by atoms with Gasteiger partial charge in [-0.3, -0.25) is 4.90 Å². The SMILES string of the molecule is C=CCC[C@H](c1ccnc(Br)c1)N1CCNCC1. The van der Waals surface area contributed by atoms with Crippen LogP contribution in [0.4, 0.5) is 0 Å². The van der Waals surface area contributed by atoms with Crippen molar-refractivity contribution in [1.82, 2.24) is 15.2 Å². The minimum absolute atomic E-state index is 0.476. The first-order valence-electron chi connectivity index (χ1n) is 6.48. The third-order valence-corrected chi connectivity index (χ3v) is 3.81. The van der Waals surface area contributed by atoms with Gasteiger partial charge in [-0.1, -0.05) is 6.08 Å². The average Bonchev–Trinajstić information content (AvgIpc) is 2.40. The van der Waals surface area contributed by atoms with E-state index >= 15 is 0 Å². The van der Waals surface area contributed by atoms with Crippen molar-refractivity contribution in [2.45, 2.75) is 18.9 Å². The molecule has 2 heterocycles. The highest BCUT2D eigenvalue weighted by Crippen LogP contribution is 2.27. The van der Waals surface area contributed by atoms with Crippen LogP contribution in [0.2, 0.25) is 0 Å². The number of pyridine rings is 1. The highest BCUT2D eigenvalue weighted by Gasteiger charge is 2.21. The van der Waals surface area contributed by atoms with Crippen molar-refractivity contribution >= 4 is 15.9 Å². The molecule has 0 unspecified atom stereocenters. The van der Waals surface area contributed by atoms with Crippen molar-refractivity contribution in [2.75, 3.05) is 26.2 Å². The largest absolute Gasteiger partial charge is 0.314 e. The maximum atomic E-state index is 4.21. The number of piperazine rings is 1. The zero-order chi connectivity index (χ0) is 12.8. The molecule has 2 rings (SSSR count). The van der Waals surface area contributed by atoms with Crippen molar-refractivity contribution in [2.24, 2.45) is 0 Å². The van der Waals surface area contributed by atoms with Crippen LogP contribution < -0.4 is 5.32 Å². The first-order chi connectivity index (χ1) is 8.81. The number of aromatic nitrogens is 1. The molecule has 1 atom stereocenters. The van der Waals surface area contributed by atoms with Gasteiger partial charge in [-0.25, -0.2) is 4.98 Å². The third kappa shape index (κ3) is 3.64. The van der Waals surface area contributed by atoms with Crippen LogP contribution in [-0.4, -0.2) is 36.1 Å². The zero-order valence-electron chi connectivity index (χ0n) is 10.6. The van der Waals surface area contributed by atoms with E-state index in [0.29, 0.717) is 6.04 Å². The van der Waals surface area contributed by atoms with Crippen LogP contribution in [0.15, 0.2) is 35.6 Å². The maximum absolute atomic E-state index is 4.21. The molecule has 1 aliphatic rings. The predicted octanol–water partition coefficient (Wildman–Crippen LogP) is 2.76. The standard InChI is InChI=1S/C14H20BrN3/c1-2-3-4-13(18-9-7-16-8-10-18)12-5-6-17-14(15)11-12/h2,5-6,11,13,16H,1,3-4,7-10H2/t13-/m1/s1. The van der Waals surface area contributed by atoms with Gasteiger partial charge >= 0.3 is 0 Å². The Morgan fingerprint density at radius 2 is 2.28 bits per heavy atom. The molecular weight excluding hydrogens is 290 g/mol. The second kappa shape index (κ2) is 7.02. The Kier molecular flexibility index (Phi) is 5.35. The summed E-state index contributed by atoms with van der Waals surface area (Å²) in [6.07, 6.45) is 6.06. The van der Waals surface area contributed by atoms with Gasteiger partial charge in [0.1, 0.15) is 4.60 Å². The molecule has 0 radical (unpaired) electrons. The fourth-order valence-corrected chi connectivity index (χ4v) is 2.84. The van der Waals surface area contributed by atoms with Crippen LogP contribution in [0.25, 0.3) is 0 Å². The van der Waals surface area contributed by atoms with E-state index in [2.05, 4.69) is 49.8 Å². The minimum atomic E-state index is 0.476. The summed E-state index contributed by atoms with van der Waals surface area (Å²) in [6, 6.07) is 4.74. The molecule has 0 bridgehead atoms. The van der Waals surface area contributed by atoms with Crippen molar-refractivity contribution in [3.63, 3.8) is 0 Å². The highest BCUT2D eigenvalue weighted by molar-refractivity contribution is 9.10. The molecule has 0 spiro atoms. The van der Waals surface area contributed by atoms with E-state index in [1.165, 1.54) is 5.56 Å². The normalized spacial score (nSPS) is 18.5. The molecule has 1 saturated heterocycles. The first kappa shape index (κ1) is 13.7. The van der Waals surface area contributed by atoms with Crippen molar-refractivity contribution in [3.8, 4) is 0 Å². The van der Waals surface area contributed by atoms with Crippen molar-refractivity contribution in [3.05, 3.63) is 41.2 Å². The molecule has 0 aromatic carbocycles. The minimum Gasteiger partial charge on any atom is -0.314 e. The molecule has 0 saturated carbocycles. The number of hydrogen-bond donors (Lipinski definition) is 1. The lowest BCUT2D eigenvalue weighted by Gasteiger charge is -2.35. The van der Waals surface area contributed by atoms with E-state index in [4.69, 9.17) is 0 Å². The molecule has 1 aromatic rings. The molecule has 98 valence electrons. The summed E-state index contributed by atoms with van der Waals surface area (Å²) < 4.78 is 0.915. The summed E-state index contributed by atoms with van der Waals surface area (Å²) in [5, 5.41) is 3.41. The molecule has 18 heavy (non-hydrogen) atoms. The fraction of sp³-hybridized carbons (Fsp3) is 0.500. The van der Waals surface area contributed by atoms with E-state index < -0.39 is 0 Å². The lowest BCUT2D eigenvalue weighted by molar-refractivity contribution is 0.166. The van der Waals surface area contributed by atoms with Crippen LogP contribution in [-0.2, 0) is 0 Å². The van der Waals surface area contributed by atoms with E-state index in [9.17, 15) is 0 Å². The Morgan fingerprint density at radius 1 is 1.50 bits per heavy atom. The third-order valence-electron chi connectivity index (χ3n) is 3.37. The summed E-state index contributed by atoms with van der Waals surface area (Å²) in [7, 11) is 0. The van der Waals surface area contributed by atoms with E-state index in [1.807, 2.05) is 12.3 Å². The first-order valence-corrected chi connectivity index (χ1v) is 7.27. The van der Waals surface area contributed by atoms with Crippen molar-refractivity contribution in [1.29, 1.82) is 0 Å². The smallest absolute Gasteiger partial charge is 0.106 e. The summed E-state index contributed by atoms with van der Waals surface area (Å²) in [5.74, 6) is 0. The number of halogens is 1. The molecule has 1 fully saturated rings. The van der Waals surface area contributed by atoms with Gasteiger partial charge in [0.25, 0.3) is 0 Å². The summed E-state index contributed by atoms with van der Waals surface area (Å²) >= 11 is 3.46. The van der Waals surface area contributed by atoms with Crippen LogP contribution in [0, 0.1) is 0 Å². The second-order valence-corrected chi connectivity index (χ2v) is 5.39. The molecule has 1 aromatic heterocycles. The van der Waals surface area contributed by atoms with Gasteiger partial charge in [-0.05, 0) is 46.5 Å². The molecule has 1 aliphatic heterocycles. The number of hydrogen-bond acceptors (Lipinski definition) is 3. The molecule has 1 N–H and O–H groups in total. The Morgan fingerprint density at radius 3 is 2.94 bits per heavy atom. The fourth-order valence-electron chi connectivity index (χ4n) is 2.45. The maximum Gasteiger partial charge on any atom is 0.106 e. The molecule has 0 aliphatic carbocycles. The van der Waals surface area contributed by atoms with Crippen LogP contribution >= 0.6 is 15.9 Å². The quantitative estimate of drug-likeness (QED) is 0.669. The van der Waals surface area contributed by atoms with Gasteiger partial charge in [0.15, 0.2) is 0 Å². The van der Waals surface area contributed by atoms with Gasteiger partial charge in [0, 0.05) is 38.4 Å². The molecule has 0 amide bonds. The summed E-state index contributed by atoms with van der Waals surface area (Å²) in [5.41, 5.74) is 1.35. The highest BCUT2D eigenvalue weighted by atomic mass is 79.9. The molecule has 4 heteroatoms. The second-order valence-electron chi connectivity index (χ2n) is 4.58. The lowest BCUT2D eigenvalue weighted by Crippen LogP contribution is -2.45. The summed E-state index contributed by atoms with van der Waals surface area (Å²) in [6.45, 7) is 8.22. The van der Waals surface area contributed by atoms with Gasteiger partial charge in [-0.2, -0.15) is 0 Å². The lowest BCUT2D eigenvalue weighted by atomic mass is 10.0. The van der Waals surface area contributed by atoms with Crippen LogP contribution in [0.3, 0.4) is 0 Å². The van der Waals surface area contributed by atoms with Gasteiger partial charge < -0.3 is 5.32 Å². The Labute approximate surface area is 117 Å². The predicted molar refractivity (Wildman–Crippen MR) is 78.6 cm³/mol. The summed E-state index contributed by atoms with van der Waals surface area (Å²) in [4.78, 5) is 6.77.